The van der Waals surface area contributed by atoms with Gasteiger partial charge in [0.15, 0.2) is 5.69 Å². The van der Waals surface area contributed by atoms with Gasteiger partial charge in [-0.05, 0) is 13.8 Å². The highest BCUT2D eigenvalue weighted by Gasteiger charge is 2.21. The summed E-state index contributed by atoms with van der Waals surface area (Å²) >= 11 is 1.36. The van der Waals surface area contributed by atoms with Crippen molar-refractivity contribution in [3.05, 3.63) is 16.1 Å². The minimum atomic E-state index is -0.889. The number of ether oxygens (including phenoxy) is 1. The fourth-order valence-electron chi connectivity index (χ4n) is 1.13. The number of hydrogen-bond donors (Lipinski definition) is 2. The molecule has 1 aromatic heterocycles. The van der Waals surface area contributed by atoms with E-state index >= 15 is 0 Å². The predicted molar refractivity (Wildman–Crippen MR) is 68.4 cm³/mol. The van der Waals surface area contributed by atoms with Crippen LogP contribution in [0.2, 0.25) is 0 Å². The Morgan fingerprint density at radius 1 is 1.56 bits per heavy atom. The normalized spacial score (nSPS) is 11.1. The van der Waals surface area contributed by atoms with Crippen LogP contribution in [0, 0.1) is 0 Å². The van der Waals surface area contributed by atoms with E-state index in [1.54, 1.807) is 19.2 Å². The van der Waals surface area contributed by atoms with E-state index in [9.17, 15) is 9.59 Å². The summed E-state index contributed by atoms with van der Waals surface area (Å²) in [7, 11) is 1.31. The average molecular weight is 271 g/mol. The molecule has 1 aromatic rings. The van der Waals surface area contributed by atoms with Gasteiger partial charge in [-0.3, -0.25) is 4.79 Å². The lowest BCUT2D eigenvalue weighted by molar-refractivity contribution is -0.125. The second kappa shape index (κ2) is 5.92. The summed E-state index contributed by atoms with van der Waals surface area (Å²) in [6.07, 6.45) is 0.559. The molecular formula is C11H17N3O3S. The molecule has 0 bridgehead atoms. The maximum Gasteiger partial charge on any atom is 0.357 e. The predicted octanol–water partition coefficient (Wildman–Crippen LogP) is 0.326. The average Bonchev–Trinajstić information content (AvgIpc) is 2.75. The van der Waals surface area contributed by atoms with Crippen molar-refractivity contribution in [1.82, 2.24) is 10.3 Å². The van der Waals surface area contributed by atoms with Crippen molar-refractivity contribution in [2.24, 2.45) is 5.73 Å². The van der Waals surface area contributed by atoms with Gasteiger partial charge in [0.25, 0.3) is 0 Å². The molecule has 6 nitrogen and oxygen atoms in total. The summed E-state index contributed by atoms with van der Waals surface area (Å²) in [5.41, 5.74) is 5.04. The second-order valence-corrected chi connectivity index (χ2v) is 5.29. The maximum atomic E-state index is 11.5. The molecule has 100 valence electrons. The molecule has 0 aliphatic carbocycles. The lowest BCUT2D eigenvalue weighted by atomic mass is 10.1. The number of nitrogens with two attached hydrogens (primary N) is 1. The summed E-state index contributed by atoms with van der Waals surface area (Å²) in [6.45, 7) is 3.72. The van der Waals surface area contributed by atoms with Crippen molar-refractivity contribution in [2.75, 3.05) is 13.7 Å². The molecule has 0 aromatic carbocycles. The largest absolute Gasteiger partial charge is 0.464 e. The second-order valence-electron chi connectivity index (χ2n) is 4.35. The fourth-order valence-corrected chi connectivity index (χ4v) is 1.90. The van der Waals surface area contributed by atoms with E-state index in [1.807, 2.05) is 0 Å². The van der Waals surface area contributed by atoms with Crippen molar-refractivity contribution in [1.29, 1.82) is 0 Å². The van der Waals surface area contributed by atoms with Gasteiger partial charge >= 0.3 is 5.97 Å². The topological polar surface area (TPSA) is 94.3 Å². The first-order valence-corrected chi connectivity index (χ1v) is 6.32. The molecule has 0 atom stereocenters. The number of aromatic nitrogens is 1. The van der Waals surface area contributed by atoms with E-state index in [-0.39, 0.29) is 5.91 Å². The SMILES string of the molecule is COC(=O)c1csc(CCNC(=O)C(C)(C)N)n1. The molecule has 0 radical (unpaired) electrons. The number of thiazole rings is 1. The van der Waals surface area contributed by atoms with Crippen molar-refractivity contribution < 1.29 is 14.3 Å². The van der Waals surface area contributed by atoms with E-state index in [0.29, 0.717) is 18.7 Å². The van der Waals surface area contributed by atoms with Crippen molar-refractivity contribution in [2.45, 2.75) is 25.8 Å². The lowest BCUT2D eigenvalue weighted by Crippen LogP contribution is -2.49. The Balaban J connectivity index is 2.43. The van der Waals surface area contributed by atoms with E-state index in [1.165, 1.54) is 18.4 Å². The van der Waals surface area contributed by atoms with Gasteiger partial charge in [-0.15, -0.1) is 11.3 Å². The van der Waals surface area contributed by atoms with Gasteiger partial charge < -0.3 is 15.8 Å². The molecule has 0 saturated carbocycles. The monoisotopic (exact) mass is 271 g/mol. The number of rotatable bonds is 5. The molecule has 0 aliphatic heterocycles. The van der Waals surface area contributed by atoms with Gasteiger partial charge in [-0.2, -0.15) is 0 Å². The van der Waals surface area contributed by atoms with Gasteiger partial charge in [-0.1, -0.05) is 0 Å². The third-order valence-electron chi connectivity index (χ3n) is 2.16. The smallest absolute Gasteiger partial charge is 0.357 e. The molecule has 1 amide bonds. The molecule has 0 saturated heterocycles. The van der Waals surface area contributed by atoms with Crippen LogP contribution in [-0.4, -0.2) is 36.1 Å². The fraction of sp³-hybridized carbons (Fsp3) is 0.545. The Labute approximate surface area is 110 Å². The van der Waals surface area contributed by atoms with Crippen LogP contribution in [0.25, 0.3) is 0 Å². The van der Waals surface area contributed by atoms with Crippen LogP contribution in [0.3, 0.4) is 0 Å². The molecule has 0 aliphatic rings. The van der Waals surface area contributed by atoms with Gasteiger partial charge in [-0.25, -0.2) is 9.78 Å². The van der Waals surface area contributed by atoms with Gasteiger partial charge in [0.2, 0.25) is 5.91 Å². The van der Waals surface area contributed by atoms with E-state index in [2.05, 4.69) is 15.0 Å². The number of amides is 1. The highest BCUT2D eigenvalue weighted by molar-refractivity contribution is 7.09. The Morgan fingerprint density at radius 3 is 2.78 bits per heavy atom. The number of methoxy groups -OCH3 is 1. The molecule has 0 unspecified atom stereocenters. The van der Waals surface area contributed by atoms with Crippen LogP contribution < -0.4 is 11.1 Å². The number of carbonyl (C=O) groups is 2. The third-order valence-corrected chi connectivity index (χ3v) is 3.06. The van der Waals surface area contributed by atoms with Crippen molar-refractivity contribution in [3.8, 4) is 0 Å². The van der Waals surface area contributed by atoms with Crippen LogP contribution in [0.15, 0.2) is 5.38 Å². The number of esters is 1. The molecule has 18 heavy (non-hydrogen) atoms. The highest BCUT2D eigenvalue weighted by Crippen LogP contribution is 2.11. The minimum absolute atomic E-state index is 0.216. The number of nitrogens with zero attached hydrogens (tertiary/aromatic N) is 1. The zero-order valence-corrected chi connectivity index (χ0v) is 11.5. The van der Waals surface area contributed by atoms with E-state index < -0.39 is 11.5 Å². The Bertz CT molecular complexity index is 437. The first kappa shape index (κ1) is 14.6. The lowest BCUT2D eigenvalue weighted by Gasteiger charge is -2.17. The van der Waals surface area contributed by atoms with Gasteiger partial charge in [0.1, 0.15) is 0 Å². The summed E-state index contributed by atoms with van der Waals surface area (Å²) in [6, 6.07) is 0. The first-order valence-electron chi connectivity index (χ1n) is 5.44. The molecule has 3 N–H and O–H groups in total. The van der Waals surface area contributed by atoms with E-state index in [0.717, 1.165) is 5.01 Å². The number of nitrogens with one attached hydrogen (secondary N) is 1. The maximum absolute atomic E-state index is 11.5. The number of carbonyl (C=O) groups excluding carboxylic acids is 2. The minimum Gasteiger partial charge on any atom is -0.464 e. The highest BCUT2D eigenvalue weighted by atomic mass is 32.1. The van der Waals surface area contributed by atoms with Gasteiger partial charge in [0.05, 0.1) is 17.7 Å². The van der Waals surface area contributed by atoms with Crippen molar-refractivity contribution >= 4 is 23.2 Å². The number of hydrogen-bond acceptors (Lipinski definition) is 6. The molecule has 1 rings (SSSR count). The zero-order chi connectivity index (χ0) is 13.8. The van der Waals surface area contributed by atoms with Crippen LogP contribution in [0.4, 0.5) is 0 Å². The summed E-state index contributed by atoms with van der Waals surface area (Å²) in [5, 5.41) is 5.11. The summed E-state index contributed by atoms with van der Waals surface area (Å²) in [4.78, 5) is 26.8. The molecule has 0 spiro atoms. The zero-order valence-electron chi connectivity index (χ0n) is 10.6. The Morgan fingerprint density at radius 2 is 2.22 bits per heavy atom. The summed E-state index contributed by atoms with van der Waals surface area (Å²) in [5.74, 6) is -0.670. The van der Waals surface area contributed by atoms with Crippen LogP contribution in [0.5, 0.6) is 0 Å². The Kier molecular flexibility index (Phi) is 4.80. The van der Waals surface area contributed by atoms with Gasteiger partial charge in [0, 0.05) is 18.3 Å². The molecule has 0 fully saturated rings. The molecule has 1 heterocycles. The molecular weight excluding hydrogens is 254 g/mol. The third kappa shape index (κ3) is 4.08. The van der Waals surface area contributed by atoms with Crippen LogP contribution in [-0.2, 0) is 16.0 Å². The van der Waals surface area contributed by atoms with Crippen molar-refractivity contribution in [3.63, 3.8) is 0 Å². The summed E-state index contributed by atoms with van der Waals surface area (Å²) < 4.78 is 4.56. The van der Waals surface area contributed by atoms with E-state index in [4.69, 9.17) is 5.73 Å². The quantitative estimate of drug-likeness (QED) is 0.752. The molecule has 7 heteroatoms. The Hall–Kier alpha value is -1.47. The first-order chi connectivity index (χ1) is 8.34. The van der Waals surface area contributed by atoms with Crippen LogP contribution in [0.1, 0.15) is 29.3 Å². The standard InChI is InChI=1S/C11H17N3O3S/c1-11(2,12)10(16)13-5-4-8-14-7(6-18-8)9(15)17-3/h6H,4-5,12H2,1-3H3,(H,13,16). The van der Waals surface area contributed by atoms with Crippen LogP contribution >= 0.6 is 11.3 Å².